The molecule has 1 atom stereocenters. The monoisotopic (exact) mass is 497 g/mol. The van der Waals surface area contributed by atoms with Gasteiger partial charge in [-0.05, 0) is 67.7 Å². The summed E-state index contributed by atoms with van der Waals surface area (Å²) < 4.78 is 5.51. The maximum Gasteiger partial charge on any atom is 0.251 e. The molecular weight excluding hydrogens is 458 g/mol. The first-order valence-corrected chi connectivity index (χ1v) is 13.1. The molecule has 1 amide bonds. The summed E-state index contributed by atoms with van der Waals surface area (Å²) in [6.07, 6.45) is 7.01. The second kappa shape index (κ2) is 15.3. The Labute approximate surface area is 222 Å². The standard InChI is InChI=1S/C30H33N3O2.C2H6/c1-5-7-13-27(23-11-9-8-10-12-23)33-28(22(4)6-2)16-21(3)19-32-30(34)24-14-15-29-26(17-24)25(18-31)20-35-29;1-2/h6,8-12,14-17,25H,3,5,7,13,19-20H2,1-2,4H3,(H,32,34);1-2H3/b22-6-,28-16+,33-27?;. The van der Waals surface area contributed by atoms with Crippen LogP contribution in [-0.2, 0) is 0 Å². The number of aliphatic imine (C=N–C) groups is 1. The van der Waals surface area contributed by atoms with Gasteiger partial charge in [-0.3, -0.25) is 9.79 Å². The molecule has 0 aliphatic carbocycles. The van der Waals surface area contributed by atoms with Crippen molar-refractivity contribution < 1.29 is 9.53 Å². The van der Waals surface area contributed by atoms with Crippen LogP contribution in [0.2, 0.25) is 0 Å². The van der Waals surface area contributed by atoms with Crippen molar-refractivity contribution in [2.24, 2.45) is 4.99 Å². The highest BCUT2D eigenvalue weighted by atomic mass is 16.5. The van der Waals surface area contributed by atoms with E-state index in [-0.39, 0.29) is 11.8 Å². The number of nitriles is 1. The molecule has 37 heavy (non-hydrogen) atoms. The third kappa shape index (κ3) is 8.32. The number of benzene rings is 2. The first-order chi connectivity index (χ1) is 18.0. The number of amides is 1. The van der Waals surface area contributed by atoms with Crippen molar-refractivity contribution in [3.8, 4) is 11.8 Å². The fourth-order valence-electron chi connectivity index (χ4n) is 3.77. The van der Waals surface area contributed by atoms with E-state index in [1.54, 1.807) is 18.2 Å². The third-order valence-corrected chi connectivity index (χ3v) is 5.99. The molecular formula is C32H39N3O2. The highest BCUT2D eigenvalue weighted by Crippen LogP contribution is 2.34. The van der Waals surface area contributed by atoms with Gasteiger partial charge in [0.2, 0.25) is 0 Å². The summed E-state index contributed by atoms with van der Waals surface area (Å²) in [6.45, 7) is 15.0. The molecule has 0 fully saturated rings. The number of carbonyl (C=O) groups is 1. The molecule has 0 radical (unpaired) electrons. The molecule has 1 heterocycles. The van der Waals surface area contributed by atoms with Crippen LogP contribution in [0.25, 0.3) is 0 Å². The minimum absolute atomic E-state index is 0.216. The lowest BCUT2D eigenvalue weighted by Gasteiger charge is -2.11. The van der Waals surface area contributed by atoms with Gasteiger partial charge in [-0.15, -0.1) is 0 Å². The Morgan fingerprint density at radius 2 is 1.95 bits per heavy atom. The SMILES string of the molecule is C=C(/C=C(N=C(CCCC)c1ccccc1)\C(C)=C/C)CNC(=O)c1ccc2c(c1)C(C#N)CO2.CC. The molecule has 0 bridgehead atoms. The van der Waals surface area contributed by atoms with Crippen LogP contribution in [0.1, 0.15) is 81.3 Å². The Morgan fingerprint density at radius 3 is 2.59 bits per heavy atom. The number of rotatable bonds is 10. The van der Waals surface area contributed by atoms with Gasteiger partial charge in [-0.25, -0.2) is 0 Å². The summed E-state index contributed by atoms with van der Waals surface area (Å²) in [4.78, 5) is 17.8. The van der Waals surface area contributed by atoms with Crippen LogP contribution < -0.4 is 10.1 Å². The van der Waals surface area contributed by atoms with Gasteiger partial charge in [0.25, 0.3) is 5.91 Å². The van der Waals surface area contributed by atoms with Crippen LogP contribution in [-0.4, -0.2) is 24.8 Å². The predicted octanol–water partition coefficient (Wildman–Crippen LogP) is 7.53. The second-order valence-electron chi connectivity index (χ2n) is 8.62. The van der Waals surface area contributed by atoms with Crippen molar-refractivity contribution in [2.75, 3.05) is 13.2 Å². The molecule has 194 valence electrons. The quantitative estimate of drug-likeness (QED) is 0.272. The van der Waals surface area contributed by atoms with Crippen molar-refractivity contribution >= 4 is 11.6 Å². The molecule has 0 aromatic heterocycles. The fraction of sp³-hybridized carbons (Fsp3) is 0.344. The highest BCUT2D eigenvalue weighted by Gasteiger charge is 2.25. The van der Waals surface area contributed by atoms with Crippen LogP contribution in [0.4, 0.5) is 0 Å². The first-order valence-electron chi connectivity index (χ1n) is 13.1. The highest BCUT2D eigenvalue weighted by molar-refractivity contribution is 6.01. The Morgan fingerprint density at radius 1 is 1.22 bits per heavy atom. The van der Waals surface area contributed by atoms with E-state index in [1.165, 1.54) is 0 Å². The normalized spacial score (nSPS) is 15.0. The number of unbranched alkanes of at least 4 members (excludes halogenated alkanes) is 1. The number of allylic oxidation sites excluding steroid dienone is 2. The van der Waals surface area contributed by atoms with E-state index < -0.39 is 0 Å². The van der Waals surface area contributed by atoms with Crippen molar-refractivity contribution in [3.63, 3.8) is 0 Å². The van der Waals surface area contributed by atoms with E-state index in [2.05, 4.69) is 37.0 Å². The summed E-state index contributed by atoms with van der Waals surface area (Å²) in [5.74, 6) is 0.111. The van der Waals surface area contributed by atoms with Crippen molar-refractivity contribution in [1.82, 2.24) is 5.32 Å². The van der Waals surface area contributed by atoms with E-state index in [0.29, 0.717) is 24.5 Å². The fourth-order valence-corrected chi connectivity index (χ4v) is 3.77. The molecule has 5 nitrogen and oxygen atoms in total. The van der Waals surface area contributed by atoms with E-state index in [0.717, 1.165) is 52.9 Å². The Kier molecular flexibility index (Phi) is 12.1. The zero-order valence-corrected chi connectivity index (χ0v) is 22.8. The van der Waals surface area contributed by atoms with Crippen molar-refractivity contribution in [2.45, 2.75) is 59.8 Å². The molecule has 1 unspecified atom stereocenters. The third-order valence-electron chi connectivity index (χ3n) is 5.99. The average Bonchev–Trinajstić information content (AvgIpc) is 3.36. The average molecular weight is 498 g/mol. The zero-order valence-electron chi connectivity index (χ0n) is 22.8. The lowest BCUT2D eigenvalue weighted by Crippen LogP contribution is -2.25. The van der Waals surface area contributed by atoms with Gasteiger partial charge in [0.05, 0.1) is 11.8 Å². The molecule has 2 aromatic rings. The summed E-state index contributed by atoms with van der Waals surface area (Å²) >= 11 is 0. The lowest BCUT2D eigenvalue weighted by atomic mass is 10.00. The molecule has 1 N–H and O–H groups in total. The van der Waals surface area contributed by atoms with Gasteiger partial charge in [0.15, 0.2) is 0 Å². The van der Waals surface area contributed by atoms with Crippen LogP contribution in [0, 0.1) is 11.3 Å². The molecule has 2 aromatic carbocycles. The number of hydrogen-bond acceptors (Lipinski definition) is 4. The number of ether oxygens (including phenoxy) is 1. The van der Waals surface area contributed by atoms with Gasteiger partial charge in [-0.1, -0.05) is 70.2 Å². The second-order valence-corrected chi connectivity index (χ2v) is 8.62. The van der Waals surface area contributed by atoms with Crippen LogP contribution in [0.3, 0.4) is 0 Å². The molecule has 0 saturated carbocycles. The molecule has 3 rings (SSSR count). The maximum absolute atomic E-state index is 12.8. The number of fused-ring (bicyclic) bond motifs is 1. The van der Waals surface area contributed by atoms with Crippen LogP contribution in [0.15, 0.2) is 89.1 Å². The minimum atomic E-state index is -0.341. The molecule has 1 aliphatic rings. The molecule has 0 saturated heterocycles. The van der Waals surface area contributed by atoms with Crippen molar-refractivity contribution in [3.05, 3.63) is 101 Å². The summed E-state index contributed by atoms with van der Waals surface area (Å²) in [6, 6.07) is 17.7. The smallest absolute Gasteiger partial charge is 0.251 e. The number of carbonyl (C=O) groups excluding carboxylic acids is 1. The topological polar surface area (TPSA) is 74.5 Å². The number of nitrogens with one attached hydrogen (secondary N) is 1. The minimum Gasteiger partial charge on any atom is -0.492 e. The van der Waals surface area contributed by atoms with Gasteiger partial charge >= 0.3 is 0 Å². The van der Waals surface area contributed by atoms with E-state index in [4.69, 9.17) is 9.73 Å². The predicted molar refractivity (Wildman–Crippen MR) is 153 cm³/mol. The van der Waals surface area contributed by atoms with E-state index >= 15 is 0 Å². The van der Waals surface area contributed by atoms with Crippen LogP contribution >= 0.6 is 0 Å². The lowest BCUT2D eigenvalue weighted by molar-refractivity contribution is 0.0957. The summed E-state index contributed by atoms with van der Waals surface area (Å²) in [5, 5.41) is 12.2. The Hall–Kier alpha value is -3.91. The Balaban J connectivity index is 0.00000235. The van der Waals surface area contributed by atoms with E-state index in [1.807, 2.05) is 58.0 Å². The van der Waals surface area contributed by atoms with Gasteiger partial charge in [-0.2, -0.15) is 5.26 Å². The summed E-state index contributed by atoms with van der Waals surface area (Å²) in [7, 11) is 0. The van der Waals surface area contributed by atoms with Gasteiger partial charge in [0.1, 0.15) is 18.3 Å². The van der Waals surface area contributed by atoms with Crippen molar-refractivity contribution in [1.29, 1.82) is 5.26 Å². The number of nitrogens with zero attached hydrogens (tertiary/aromatic N) is 2. The first kappa shape index (κ1) is 29.3. The molecule has 5 heteroatoms. The summed E-state index contributed by atoms with van der Waals surface area (Å²) in [5.41, 5.74) is 6.06. The van der Waals surface area contributed by atoms with Gasteiger partial charge < -0.3 is 10.1 Å². The molecule has 1 aliphatic heterocycles. The molecule has 0 spiro atoms. The Bertz CT molecular complexity index is 1200. The van der Waals surface area contributed by atoms with Crippen LogP contribution in [0.5, 0.6) is 5.75 Å². The zero-order chi connectivity index (χ0) is 27.2. The number of hydrogen-bond donors (Lipinski definition) is 1. The largest absolute Gasteiger partial charge is 0.492 e. The van der Waals surface area contributed by atoms with E-state index in [9.17, 15) is 10.1 Å². The maximum atomic E-state index is 12.8. The van der Waals surface area contributed by atoms with Gasteiger partial charge in [0, 0.05) is 23.4 Å².